The smallest absolute Gasteiger partial charge is 0.0263 e. The highest BCUT2D eigenvalue weighted by molar-refractivity contribution is 8.00. The van der Waals surface area contributed by atoms with Crippen molar-refractivity contribution in [3.05, 3.63) is 29.8 Å². The molecule has 0 fully saturated rings. The predicted molar refractivity (Wildman–Crippen MR) is 72.2 cm³/mol. The van der Waals surface area contributed by atoms with Crippen LogP contribution in [0.5, 0.6) is 0 Å². The molecule has 0 bridgehead atoms. The zero-order chi connectivity index (χ0) is 11.5. The molecule has 16 heavy (non-hydrogen) atoms. The minimum Gasteiger partial charge on any atom is -0.300 e. The fourth-order valence-electron chi connectivity index (χ4n) is 2.32. The van der Waals surface area contributed by atoms with Crippen LogP contribution in [0.15, 0.2) is 29.2 Å². The maximum atomic E-state index is 2.56. The lowest BCUT2D eigenvalue weighted by atomic mass is 10.1. The van der Waals surface area contributed by atoms with Crippen molar-refractivity contribution in [3.8, 4) is 0 Å². The van der Waals surface area contributed by atoms with E-state index in [0.717, 1.165) is 11.8 Å². The molecule has 1 atom stereocenters. The van der Waals surface area contributed by atoms with Crippen LogP contribution in [0.25, 0.3) is 0 Å². The van der Waals surface area contributed by atoms with E-state index in [1.165, 1.54) is 23.4 Å². The van der Waals surface area contributed by atoms with Crippen LogP contribution < -0.4 is 0 Å². The highest BCUT2D eigenvalue weighted by Crippen LogP contribution is 2.37. The highest BCUT2D eigenvalue weighted by atomic mass is 32.2. The van der Waals surface area contributed by atoms with E-state index in [4.69, 9.17) is 0 Å². The molecule has 0 N–H and O–H groups in total. The Labute approximate surface area is 103 Å². The summed E-state index contributed by atoms with van der Waals surface area (Å²) in [5, 5.41) is 0.750. The Balaban J connectivity index is 1.96. The third-order valence-electron chi connectivity index (χ3n) is 3.29. The van der Waals surface area contributed by atoms with E-state index in [9.17, 15) is 0 Å². The van der Waals surface area contributed by atoms with Crippen molar-refractivity contribution in [3.63, 3.8) is 0 Å². The topological polar surface area (TPSA) is 3.24 Å². The number of benzene rings is 1. The molecule has 0 amide bonds. The molecule has 0 aliphatic carbocycles. The molecule has 0 saturated carbocycles. The normalized spacial score (nSPS) is 19.4. The number of hydrogen-bond acceptors (Lipinski definition) is 2. The Kier molecular flexibility index (Phi) is 3.93. The van der Waals surface area contributed by atoms with E-state index in [2.05, 4.69) is 61.7 Å². The lowest BCUT2D eigenvalue weighted by Crippen LogP contribution is -2.36. The summed E-state index contributed by atoms with van der Waals surface area (Å²) in [6.07, 6.45) is 1.24. The van der Waals surface area contributed by atoms with Crippen molar-refractivity contribution in [2.75, 3.05) is 13.1 Å². The Morgan fingerprint density at radius 3 is 2.75 bits per heavy atom. The molecule has 1 nitrogen and oxygen atoms in total. The van der Waals surface area contributed by atoms with Crippen molar-refractivity contribution in [1.82, 2.24) is 4.90 Å². The van der Waals surface area contributed by atoms with E-state index in [1.807, 2.05) is 0 Å². The third kappa shape index (κ3) is 2.61. The van der Waals surface area contributed by atoms with E-state index < -0.39 is 0 Å². The molecular formula is C14H21NS. The number of hydrogen-bond donors (Lipinski definition) is 0. The molecule has 0 saturated heterocycles. The Hall–Kier alpha value is -0.470. The highest BCUT2D eigenvalue weighted by Gasteiger charge is 2.24. The molecule has 0 spiro atoms. The van der Waals surface area contributed by atoms with Gasteiger partial charge in [-0.1, -0.05) is 25.1 Å². The Morgan fingerprint density at radius 1 is 1.38 bits per heavy atom. The maximum Gasteiger partial charge on any atom is 0.0263 e. The summed E-state index contributed by atoms with van der Waals surface area (Å²) in [4.78, 5) is 4.05. The maximum absolute atomic E-state index is 2.56. The fraction of sp³-hybridized carbons (Fsp3) is 0.571. The van der Waals surface area contributed by atoms with Gasteiger partial charge < -0.3 is 4.90 Å². The molecule has 0 radical (unpaired) electrons. The standard InChI is InChI=1S/C14H21NS/c1-4-15(11(2)3)10-13-9-12-7-5-6-8-14(12)16-13/h5-8,11,13H,4,9-10H2,1-3H3. The van der Waals surface area contributed by atoms with Crippen molar-refractivity contribution in [1.29, 1.82) is 0 Å². The summed E-state index contributed by atoms with van der Waals surface area (Å²) < 4.78 is 0. The molecule has 1 heterocycles. The number of thioether (sulfide) groups is 1. The molecule has 1 aliphatic heterocycles. The van der Waals surface area contributed by atoms with Gasteiger partial charge in [0, 0.05) is 22.7 Å². The van der Waals surface area contributed by atoms with Crippen LogP contribution in [0, 0.1) is 0 Å². The fourth-order valence-corrected chi connectivity index (χ4v) is 3.67. The van der Waals surface area contributed by atoms with Crippen molar-refractivity contribution in [2.24, 2.45) is 0 Å². The Morgan fingerprint density at radius 2 is 2.12 bits per heavy atom. The van der Waals surface area contributed by atoms with Crippen LogP contribution >= 0.6 is 11.8 Å². The van der Waals surface area contributed by atoms with Crippen LogP contribution in [-0.4, -0.2) is 29.3 Å². The third-order valence-corrected chi connectivity index (χ3v) is 4.59. The summed E-state index contributed by atoms with van der Waals surface area (Å²) in [7, 11) is 0. The van der Waals surface area contributed by atoms with Gasteiger partial charge in [-0.15, -0.1) is 11.8 Å². The average molecular weight is 235 g/mol. The van der Waals surface area contributed by atoms with Gasteiger partial charge >= 0.3 is 0 Å². The second kappa shape index (κ2) is 5.24. The summed E-state index contributed by atoms with van der Waals surface area (Å²) in [6.45, 7) is 9.21. The van der Waals surface area contributed by atoms with Gasteiger partial charge in [-0.3, -0.25) is 0 Å². The molecule has 0 aromatic heterocycles. The Bertz CT molecular complexity index is 323. The van der Waals surface area contributed by atoms with E-state index in [-0.39, 0.29) is 0 Å². The second-order valence-corrected chi connectivity index (χ2v) is 6.08. The van der Waals surface area contributed by atoms with Crippen molar-refractivity contribution in [2.45, 2.75) is 43.4 Å². The van der Waals surface area contributed by atoms with Gasteiger partial charge in [0.25, 0.3) is 0 Å². The number of nitrogens with zero attached hydrogens (tertiary/aromatic N) is 1. The summed E-state index contributed by atoms with van der Waals surface area (Å²) in [5.41, 5.74) is 1.54. The number of fused-ring (bicyclic) bond motifs is 1. The summed E-state index contributed by atoms with van der Waals surface area (Å²) >= 11 is 2.06. The molecule has 1 aliphatic rings. The molecule has 88 valence electrons. The minimum atomic E-state index is 0.661. The molecule has 1 aromatic carbocycles. The molecule has 1 unspecified atom stereocenters. The van der Waals surface area contributed by atoms with E-state index in [1.54, 1.807) is 0 Å². The first kappa shape index (κ1) is 12.0. The van der Waals surface area contributed by atoms with Gasteiger partial charge in [-0.25, -0.2) is 0 Å². The average Bonchev–Trinajstić information content (AvgIpc) is 2.67. The summed E-state index contributed by atoms with van der Waals surface area (Å²) in [5.74, 6) is 0. The summed E-state index contributed by atoms with van der Waals surface area (Å²) in [6, 6.07) is 9.49. The SMILES string of the molecule is CCN(CC1Cc2ccccc2S1)C(C)C. The van der Waals surface area contributed by atoms with Crippen LogP contribution in [0.2, 0.25) is 0 Å². The lowest BCUT2D eigenvalue weighted by molar-refractivity contribution is 0.235. The van der Waals surface area contributed by atoms with Gasteiger partial charge in [0.1, 0.15) is 0 Å². The first-order valence-corrected chi connectivity index (χ1v) is 7.07. The van der Waals surface area contributed by atoms with E-state index >= 15 is 0 Å². The van der Waals surface area contributed by atoms with Crippen molar-refractivity contribution < 1.29 is 0 Å². The largest absolute Gasteiger partial charge is 0.300 e. The quantitative estimate of drug-likeness (QED) is 0.786. The first-order valence-electron chi connectivity index (χ1n) is 6.19. The van der Waals surface area contributed by atoms with E-state index in [0.29, 0.717) is 6.04 Å². The molecule has 1 aromatic rings. The zero-order valence-corrected chi connectivity index (χ0v) is 11.3. The second-order valence-electron chi connectivity index (χ2n) is 4.73. The van der Waals surface area contributed by atoms with Gasteiger partial charge in [-0.05, 0) is 38.4 Å². The van der Waals surface area contributed by atoms with Gasteiger partial charge in [-0.2, -0.15) is 0 Å². The van der Waals surface area contributed by atoms with Crippen LogP contribution in [0.1, 0.15) is 26.3 Å². The lowest BCUT2D eigenvalue weighted by Gasteiger charge is -2.27. The number of rotatable bonds is 4. The van der Waals surface area contributed by atoms with Crippen LogP contribution in [-0.2, 0) is 6.42 Å². The zero-order valence-electron chi connectivity index (χ0n) is 10.4. The van der Waals surface area contributed by atoms with Gasteiger partial charge in [0.2, 0.25) is 0 Å². The first-order chi connectivity index (χ1) is 7.70. The van der Waals surface area contributed by atoms with Gasteiger partial charge in [0.15, 0.2) is 0 Å². The minimum absolute atomic E-state index is 0.661. The predicted octanol–water partition coefficient (Wildman–Crippen LogP) is 3.43. The van der Waals surface area contributed by atoms with Crippen LogP contribution in [0.3, 0.4) is 0 Å². The van der Waals surface area contributed by atoms with Crippen molar-refractivity contribution >= 4 is 11.8 Å². The monoisotopic (exact) mass is 235 g/mol. The van der Waals surface area contributed by atoms with Gasteiger partial charge in [0.05, 0.1) is 0 Å². The molecule has 2 heteroatoms. The molecule has 2 rings (SSSR count). The van der Waals surface area contributed by atoms with Crippen LogP contribution in [0.4, 0.5) is 0 Å². The molecular weight excluding hydrogens is 214 g/mol.